The summed E-state index contributed by atoms with van der Waals surface area (Å²) in [6, 6.07) is 11.0. The van der Waals surface area contributed by atoms with Crippen LogP contribution in [0, 0.1) is 0 Å². The lowest BCUT2D eigenvalue weighted by Crippen LogP contribution is -2.12. The molecule has 2 rings (SSSR count). The van der Waals surface area contributed by atoms with E-state index in [0.29, 0.717) is 0 Å². The second kappa shape index (κ2) is 6.89. The van der Waals surface area contributed by atoms with E-state index in [1.165, 1.54) is 12.4 Å². The first-order valence-corrected chi connectivity index (χ1v) is 4.83. The van der Waals surface area contributed by atoms with E-state index in [4.69, 9.17) is 10.9 Å². The second-order valence-corrected chi connectivity index (χ2v) is 3.02. The Balaban J connectivity index is 0.000000202. The lowest BCUT2D eigenvalue weighted by atomic mass is 10.2. The minimum Gasteiger partial charge on any atom is -0.445 e. The Labute approximate surface area is 98.2 Å². The molecule has 0 unspecified atom stereocenters. The van der Waals surface area contributed by atoms with Crippen LogP contribution in [0.2, 0.25) is 0 Å². The number of hydrogen-bond acceptors (Lipinski definition) is 4. The number of ether oxygens (including phenoxy) is 1. The summed E-state index contributed by atoms with van der Waals surface area (Å²) in [5.74, 6) is 0. The molecule has 1 aromatic heterocycles. The van der Waals surface area contributed by atoms with Gasteiger partial charge in [0.15, 0.2) is 0 Å². The molecule has 0 aliphatic heterocycles. The highest BCUT2D eigenvalue weighted by atomic mass is 16.5. The van der Waals surface area contributed by atoms with Gasteiger partial charge in [0, 0.05) is 0 Å². The highest BCUT2D eigenvalue weighted by Crippen LogP contribution is 1.99. The third-order valence-corrected chi connectivity index (χ3v) is 1.71. The number of nitrogens with two attached hydrogens (primary N) is 1. The number of aromatic nitrogens is 2. The summed E-state index contributed by atoms with van der Waals surface area (Å²) >= 11 is 0. The normalized spacial score (nSPS) is 8.94. The van der Waals surface area contributed by atoms with Crippen LogP contribution in [0.4, 0.5) is 4.79 Å². The summed E-state index contributed by atoms with van der Waals surface area (Å²) in [7, 11) is 0. The minimum absolute atomic E-state index is 0.246. The van der Waals surface area contributed by atoms with Crippen molar-refractivity contribution in [3.05, 3.63) is 54.4 Å². The Morgan fingerprint density at radius 1 is 1.35 bits per heavy atom. The molecule has 0 saturated heterocycles. The number of rotatable bonds is 2. The molecule has 1 amide bonds. The van der Waals surface area contributed by atoms with Crippen molar-refractivity contribution in [2.45, 2.75) is 6.61 Å². The molecule has 1 aromatic carbocycles. The first-order valence-electron chi connectivity index (χ1n) is 4.83. The molecule has 6 heteroatoms. The molecule has 0 atom stereocenters. The van der Waals surface area contributed by atoms with E-state index >= 15 is 0 Å². The highest BCUT2D eigenvalue weighted by Gasteiger charge is 1.93. The monoisotopic (exact) mass is 235 g/mol. The van der Waals surface area contributed by atoms with Crippen molar-refractivity contribution in [2.24, 2.45) is 5.73 Å². The van der Waals surface area contributed by atoms with Gasteiger partial charge in [-0.25, -0.2) is 4.79 Å². The number of carbonyl (C=O) groups excluding carboxylic acids is 1. The first-order chi connectivity index (χ1) is 8.18. The van der Waals surface area contributed by atoms with Crippen LogP contribution in [-0.2, 0) is 11.3 Å². The average molecular weight is 235 g/mol. The minimum atomic E-state index is -0.742. The largest absolute Gasteiger partial charge is 0.445 e. The van der Waals surface area contributed by atoms with Gasteiger partial charge < -0.3 is 15.7 Å². The average Bonchev–Trinajstić information content (AvgIpc) is 2.80. The third kappa shape index (κ3) is 5.83. The van der Waals surface area contributed by atoms with Crippen LogP contribution in [0.25, 0.3) is 0 Å². The van der Waals surface area contributed by atoms with Gasteiger partial charge in [0.1, 0.15) is 6.61 Å². The second-order valence-electron chi connectivity index (χ2n) is 3.02. The molecule has 6 nitrogen and oxygen atoms in total. The van der Waals surface area contributed by atoms with Crippen molar-refractivity contribution in [3.8, 4) is 0 Å². The number of benzene rings is 1. The topological polar surface area (TPSA) is 90.4 Å². The molecule has 0 fully saturated rings. The van der Waals surface area contributed by atoms with E-state index in [0.717, 1.165) is 10.4 Å². The van der Waals surface area contributed by atoms with Gasteiger partial charge in [-0.15, -0.1) is 9.94 Å². The summed E-state index contributed by atoms with van der Waals surface area (Å²) in [4.78, 5) is 10.9. The quantitative estimate of drug-likeness (QED) is 0.770. The maximum absolute atomic E-state index is 10.2. The van der Waals surface area contributed by atoms with E-state index < -0.39 is 6.09 Å². The summed E-state index contributed by atoms with van der Waals surface area (Å²) < 4.78 is 4.57. The predicted molar refractivity (Wildman–Crippen MR) is 60.2 cm³/mol. The van der Waals surface area contributed by atoms with Crippen molar-refractivity contribution in [1.29, 1.82) is 0 Å². The smallest absolute Gasteiger partial charge is 0.404 e. The zero-order valence-corrected chi connectivity index (χ0v) is 9.06. The molecular formula is C11H13N3O3. The van der Waals surface area contributed by atoms with Crippen LogP contribution in [-0.4, -0.2) is 21.2 Å². The summed E-state index contributed by atoms with van der Waals surface area (Å²) in [5.41, 5.74) is 5.72. The van der Waals surface area contributed by atoms with Crippen LogP contribution in [0.5, 0.6) is 0 Å². The van der Waals surface area contributed by atoms with Crippen LogP contribution in [0.1, 0.15) is 5.56 Å². The number of primary amides is 1. The lowest BCUT2D eigenvalue weighted by Gasteiger charge is -1.99. The summed E-state index contributed by atoms with van der Waals surface area (Å²) in [5, 5.41) is 11.7. The molecule has 3 N–H and O–H groups in total. The van der Waals surface area contributed by atoms with Crippen molar-refractivity contribution >= 4 is 6.09 Å². The molecule has 0 aliphatic rings. The Bertz CT molecular complexity index is 428. The third-order valence-electron chi connectivity index (χ3n) is 1.71. The zero-order chi connectivity index (χ0) is 12.5. The molecule has 0 bridgehead atoms. The van der Waals surface area contributed by atoms with E-state index in [2.05, 4.69) is 9.84 Å². The predicted octanol–water partition coefficient (Wildman–Crippen LogP) is 1.40. The van der Waals surface area contributed by atoms with Gasteiger partial charge in [-0.2, -0.15) is 0 Å². The van der Waals surface area contributed by atoms with Crippen LogP contribution in [0.3, 0.4) is 0 Å². The van der Waals surface area contributed by atoms with Gasteiger partial charge in [-0.05, 0) is 11.6 Å². The van der Waals surface area contributed by atoms with Gasteiger partial charge in [0.05, 0.1) is 12.4 Å². The molecule has 0 aliphatic carbocycles. The fraction of sp³-hybridized carbons (Fsp3) is 0.0909. The van der Waals surface area contributed by atoms with Gasteiger partial charge in [-0.3, -0.25) is 0 Å². The van der Waals surface area contributed by atoms with E-state index in [9.17, 15) is 4.79 Å². The van der Waals surface area contributed by atoms with Crippen LogP contribution in [0.15, 0.2) is 48.8 Å². The van der Waals surface area contributed by atoms with Crippen molar-refractivity contribution in [1.82, 2.24) is 9.94 Å². The molecule has 0 saturated carbocycles. The zero-order valence-electron chi connectivity index (χ0n) is 9.06. The number of nitrogens with zero attached hydrogens (tertiary/aromatic N) is 2. The Kier molecular flexibility index (Phi) is 5.09. The lowest BCUT2D eigenvalue weighted by molar-refractivity contribution is 0.148. The first kappa shape index (κ1) is 12.6. The van der Waals surface area contributed by atoms with E-state index in [-0.39, 0.29) is 6.61 Å². The Morgan fingerprint density at radius 3 is 2.47 bits per heavy atom. The molecule has 0 radical (unpaired) electrons. The molecular weight excluding hydrogens is 222 g/mol. The van der Waals surface area contributed by atoms with Crippen molar-refractivity contribution in [2.75, 3.05) is 0 Å². The van der Waals surface area contributed by atoms with E-state index in [1.54, 1.807) is 6.07 Å². The maximum Gasteiger partial charge on any atom is 0.404 e. The number of amides is 1. The van der Waals surface area contributed by atoms with E-state index in [1.807, 2.05) is 30.3 Å². The molecule has 17 heavy (non-hydrogen) atoms. The standard InChI is InChI=1S/C8H9NO2.C3H4N2O/c9-8(10)11-6-7-4-2-1-3-5-7;6-5-3-1-2-4-5/h1-5H,6H2,(H2,9,10);1-3,6H. The maximum atomic E-state index is 10.2. The van der Waals surface area contributed by atoms with Gasteiger partial charge in [-0.1, -0.05) is 30.3 Å². The van der Waals surface area contributed by atoms with Crippen molar-refractivity contribution < 1.29 is 14.7 Å². The fourth-order valence-corrected chi connectivity index (χ4v) is 0.989. The molecule has 2 aromatic rings. The summed E-state index contributed by atoms with van der Waals surface area (Å²) in [6.45, 7) is 0.246. The SMILES string of the molecule is NC(=O)OCc1ccccc1.On1cccn1. The Morgan fingerprint density at radius 2 is 2.06 bits per heavy atom. The van der Waals surface area contributed by atoms with Crippen LogP contribution < -0.4 is 5.73 Å². The molecule has 1 heterocycles. The number of carbonyl (C=O) groups is 1. The van der Waals surface area contributed by atoms with Gasteiger partial charge in [0.2, 0.25) is 0 Å². The van der Waals surface area contributed by atoms with Gasteiger partial charge in [0.25, 0.3) is 0 Å². The molecule has 90 valence electrons. The summed E-state index contributed by atoms with van der Waals surface area (Å²) in [6.07, 6.45) is 2.20. The van der Waals surface area contributed by atoms with Gasteiger partial charge >= 0.3 is 6.09 Å². The fourth-order valence-electron chi connectivity index (χ4n) is 0.989. The van der Waals surface area contributed by atoms with Crippen molar-refractivity contribution in [3.63, 3.8) is 0 Å². The van der Waals surface area contributed by atoms with Crippen LogP contribution >= 0.6 is 0 Å². The highest BCUT2D eigenvalue weighted by molar-refractivity contribution is 5.64. The Hall–Kier alpha value is -2.50. The number of hydrogen-bond donors (Lipinski definition) is 2. The molecule has 0 spiro atoms.